The van der Waals surface area contributed by atoms with Gasteiger partial charge in [0.15, 0.2) is 0 Å². The van der Waals surface area contributed by atoms with Crippen molar-refractivity contribution in [3.63, 3.8) is 0 Å². The van der Waals surface area contributed by atoms with Gasteiger partial charge < -0.3 is 14.6 Å². The average molecular weight is 297 g/mol. The third-order valence-corrected chi connectivity index (χ3v) is 4.19. The number of hydrogen-bond donors (Lipinski definition) is 0. The summed E-state index contributed by atoms with van der Waals surface area (Å²) in [7, 11) is 0. The van der Waals surface area contributed by atoms with E-state index in [-0.39, 0.29) is 18.2 Å². The summed E-state index contributed by atoms with van der Waals surface area (Å²) in [6.45, 7) is 2.04. The van der Waals surface area contributed by atoms with Gasteiger partial charge in [-0.2, -0.15) is 0 Å². The van der Waals surface area contributed by atoms with E-state index in [2.05, 4.69) is 0 Å². The number of aliphatic carboxylic acids is 1. The molecule has 5 nitrogen and oxygen atoms in total. The normalized spacial score (nSPS) is 22.0. The van der Waals surface area contributed by atoms with Crippen LogP contribution in [0.4, 0.5) is 0 Å². The second kappa shape index (κ2) is 8.80. The molecule has 0 spiro atoms. The molecule has 21 heavy (non-hydrogen) atoms. The molecule has 0 bridgehead atoms. The van der Waals surface area contributed by atoms with Crippen molar-refractivity contribution in [1.82, 2.24) is 0 Å². The Balaban J connectivity index is 2.48. The van der Waals surface area contributed by atoms with Crippen LogP contribution >= 0.6 is 0 Å². The minimum Gasteiger partial charge on any atom is -0.550 e. The van der Waals surface area contributed by atoms with E-state index in [0.29, 0.717) is 32.3 Å². The van der Waals surface area contributed by atoms with E-state index in [1.54, 1.807) is 6.92 Å². The number of carbonyl (C=O) groups excluding carboxylic acids is 3. The first-order valence-corrected chi connectivity index (χ1v) is 7.93. The Morgan fingerprint density at radius 2 is 1.90 bits per heavy atom. The van der Waals surface area contributed by atoms with Crippen LogP contribution in [0.1, 0.15) is 71.1 Å². The SMILES string of the molecule is CCOC(=O)C1(CCCCCCC(=O)[O-])CCCCC1=O. The molecule has 0 saturated heterocycles. The maximum atomic E-state index is 12.3. The number of carboxylic acids is 1. The Kier molecular flexibility index (Phi) is 7.40. The first-order valence-electron chi connectivity index (χ1n) is 7.93. The lowest BCUT2D eigenvalue weighted by molar-refractivity contribution is -0.305. The van der Waals surface area contributed by atoms with Gasteiger partial charge in [0.05, 0.1) is 6.61 Å². The smallest absolute Gasteiger partial charge is 0.319 e. The van der Waals surface area contributed by atoms with E-state index < -0.39 is 11.4 Å². The van der Waals surface area contributed by atoms with Crippen LogP contribution in [0, 0.1) is 5.41 Å². The third kappa shape index (κ3) is 5.14. The molecule has 1 unspecified atom stereocenters. The number of hydrogen-bond acceptors (Lipinski definition) is 5. The topological polar surface area (TPSA) is 83.5 Å². The molecule has 0 aromatic heterocycles. The Bertz CT molecular complexity index is 377. The van der Waals surface area contributed by atoms with Crippen LogP contribution in [0.2, 0.25) is 0 Å². The molecule has 0 heterocycles. The highest BCUT2D eigenvalue weighted by molar-refractivity contribution is 6.04. The van der Waals surface area contributed by atoms with Gasteiger partial charge in [-0.1, -0.05) is 25.7 Å². The Morgan fingerprint density at radius 3 is 2.52 bits per heavy atom. The molecule has 0 aliphatic heterocycles. The number of carbonyl (C=O) groups is 3. The van der Waals surface area contributed by atoms with E-state index >= 15 is 0 Å². The van der Waals surface area contributed by atoms with Gasteiger partial charge >= 0.3 is 5.97 Å². The fourth-order valence-corrected chi connectivity index (χ4v) is 2.99. The molecule has 1 rings (SSSR count). The molecular formula is C16H25O5-. The van der Waals surface area contributed by atoms with Gasteiger partial charge in [-0.25, -0.2) is 0 Å². The van der Waals surface area contributed by atoms with Crippen molar-refractivity contribution in [2.24, 2.45) is 5.41 Å². The monoisotopic (exact) mass is 297 g/mol. The number of ketones is 1. The fourth-order valence-electron chi connectivity index (χ4n) is 2.99. The lowest BCUT2D eigenvalue weighted by Gasteiger charge is -2.33. The summed E-state index contributed by atoms with van der Waals surface area (Å²) in [6.07, 6.45) is 6.31. The number of ether oxygens (including phenoxy) is 1. The van der Waals surface area contributed by atoms with Gasteiger partial charge in [0, 0.05) is 12.4 Å². The van der Waals surface area contributed by atoms with Crippen LogP contribution < -0.4 is 5.11 Å². The maximum Gasteiger partial charge on any atom is 0.319 e. The third-order valence-electron chi connectivity index (χ3n) is 4.19. The Labute approximate surface area is 126 Å². The highest BCUT2D eigenvalue weighted by Crippen LogP contribution is 2.39. The highest BCUT2D eigenvalue weighted by atomic mass is 16.5. The lowest BCUT2D eigenvalue weighted by Crippen LogP contribution is -2.43. The van der Waals surface area contributed by atoms with Gasteiger partial charge in [0.2, 0.25) is 0 Å². The molecule has 1 aliphatic rings. The van der Waals surface area contributed by atoms with E-state index in [0.717, 1.165) is 32.1 Å². The molecule has 1 aliphatic carbocycles. The van der Waals surface area contributed by atoms with Crippen LogP contribution in [0.5, 0.6) is 0 Å². The molecule has 1 atom stereocenters. The van der Waals surface area contributed by atoms with Crippen molar-refractivity contribution in [2.45, 2.75) is 71.1 Å². The summed E-state index contributed by atoms with van der Waals surface area (Å²) in [5, 5.41) is 10.3. The molecule has 0 aromatic rings. The molecule has 5 heteroatoms. The molecule has 0 aromatic carbocycles. The van der Waals surface area contributed by atoms with Crippen molar-refractivity contribution in [2.75, 3.05) is 6.61 Å². The van der Waals surface area contributed by atoms with Gasteiger partial charge in [0.1, 0.15) is 11.2 Å². The van der Waals surface area contributed by atoms with Crippen molar-refractivity contribution in [1.29, 1.82) is 0 Å². The number of unbranched alkanes of at least 4 members (excludes halogenated alkanes) is 3. The standard InChI is InChI=1S/C16H26O5/c1-2-21-15(20)16(12-8-6-9-13(16)17)11-7-4-3-5-10-14(18)19/h2-12H2,1H3,(H,18,19)/p-1. The number of esters is 1. The van der Waals surface area contributed by atoms with Gasteiger partial charge in [-0.15, -0.1) is 0 Å². The van der Waals surface area contributed by atoms with E-state index in [4.69, 9.17) is 4.74 Å². The van der Waals surface area contributed by atoms with E-state index in [1.807, 2.05) is 0 Å². The van der Waals surface area contributed by atoms with Crippen LogP contribution in [0.15, 0.2) is 0 Å². The van der Waals surface area contributed by atoms with E-state index in [1.165, 1.54) is 0 Å². The van der Waals surface area contributed by atoms with Crippen LogP contribution in [0.25, 0.3) is 0 Å². The molecule has 0 N–H and O–H groups in total. The summed E-state index contributed by atoms with van der Waals surface area (Å²) in [5.74, 6) is -1.38. The minimum absolute atomic E-state index is 0.0157. The molecular weight excluding hydrogens is 272 g/mol. The fraction of sp³-hybridized carbons (Fsp3) is 0.812. The minimum atomic E-state index is -1.03. The maximum absolute atomic E-state index is 12.3. The zero-order chi connectivity index (χ0) is 15.7. The second-order valence-corrected chi connectivity index (χ2v) is 5.72. The summed E-state index contributed by atoms with van der Waals surface area (Å²) in [5.41, 5.74) is -0.942. The van der Waals surface area contributed by atoms with Gasteiger partial charge in [0.25, 0.3) is 0 Å². The summed E-state index contributed by atoms with van der Waals surface area (Å²) >= 11 is 0. The summed E-state index contributed by atoms with van der Waals surface area (Å²) < 4.78 is 5.12. The Hall–Kier alpha value is -1.39. The first kappa shape index (κ1) is 17.7. The van der Waals surface area contributed by atoms with Crippen molar-refractivity contribution >= 4 is 17.7 Å². The van der Waals surface area contributed by atoms with Crippen LogP contribution in [-0.4, -0.2) is 24.3 Å². The predicted molar refractivity (Wildman–Crippen MR) is 75.3 cm³/mol. The largest absolute Gasteiger partial charge is 0.550 e. The van der Waals surface area contributed by atoms with E-state index in [9.17, 15) is 19.5 Å². The van der Waals surface area contributed by atoms with Crippen molar-refractivity contribution < 1.29 is 24.2 Å². The molecule has 0 amide bonds. The zero-order valence-electron chi connectivity index (χ0n) is 12.8. The Morgan fingerprint density at radius 1 is 1.19 bits per heavy atom. The second-order valence-electron chi connectivity index (χ2n) is 5.72. The number of carboxylic acid groups (broad SMARTS) is 1. The van der Waals surface area contributed by atoms with Crippen LogP contribution in [0.3, 0.4) is 0 Å². The molecule has 1 saturated carbocycles. The van der Waals surface area contributed by atoms with Gasteiger partial charge in [-0.05, 0) is 39.0 Å². The summed E-state index contributed by atoms with van der Waals surface area (Å²) in [6, 6.07) is 0. The molecule has 120 valence electrons. The molecule has 1 fully saturated rings. The lowest BCUT2D eigenvalue weighted by atomic mass is 9.70. The van der Waals surface area contributed by atoms with Crippen molar-refractivity contribution in [3.8, 4) is 0 Å². The van der Waals surface area contributed by atoms with Crippen molar-refractivity contribution in [3.05, 3.63) is 0 Å². The number of Topliss-reactive ketones (excluding diaryl/α,β-unsaturated/α-hetero) is 1. The number of rotatable bonds is 9. The summed E-state index contributed by atoms with van der Waals surface area (Å²) in [4.78, 5) is 34.8. The average Bonchev–Trinajstić information content (AvgIpc) is 2.44. The predicted octanol–water partition coefficient (Wildman–Crippen LogP) is 1.77. The van der Waals surface area contributed by atoms with Gasteiger partial charge in [-0.3, -0.25) is 9.59 Å². The molecule has 0 radical (unpaired) electrons. The van der Waals surface area contributed by atoms with Crippen LogP contribution in [-0.2, 0) is 19.1 Å². The quantitative estimate of drug-likeness (QED) is 0.368. The first-order chi connectivity index (χ1) is 10.0. The highest BCUT2D eigenvalue weighted by Gasteiger charge is 2.47. The zero-order valence-corrected chi connectivity index (χ0v) is 12.8.